The summed E-state index contributed by atoms with van der Waals surface area (Å²) in [6.45, 7) is 8.73. The molecule has 0 aromatic rings. The summed E-state index contributed by atoms with van der Waals surface area (Å²) in [5.74, 6) is 0.314. The Labute approximate surface area is 107 Å². The van der Waals surface area contributed by atoms with E-state index in [1.54, 1.807) is 0 Å². The molecule has 3 nitrogen and oxygen atoms in total. The standard InChI is InChI=1S/C14H31N3/c1-5-6-8-11-17(4)12-9-7-10-14(2,3)13(15)16/h5-12H2,1-4H3,(H3,15,16). The molecule has 0 saturated heterocycles. The van der Waals surface area contributed by atoms with Gasteiger partial charge >= 0.3 is 0 Å². The Morgan fingerprint density at radius 3 is 2.12 bits per heavy atom. The van der Waals surface area contributed by atoms with Gasteiger partial charge in [-0.1, -0.05) is 40.0 Å². The molecule has 0 aliphatic rings. The molecule has 0 aliphatic heterocycles. The predicted molar refractivity (Wildman–Crippen MR) is 76.6 cm³/mol. The molecule has 0 rings (SSSR count). The maximum atomic E-state index is 7.50. The van der Waals surface area contributed by atoms with E-state index in [9.17, 15) is 0 Å². The molecular weight excluding hydrogens is 210 g/mol. The summed E-state index contributed by atoms with van der Waals surface area (Å²) in [4.78, 5) is 2.41. The van der Waals surface area contributed by atoms with Crippen molar-refractivity contribution in [1.29, 1.82) is 5.41 Å². The normalized spacial score (nSPS) is 12.1. The van der Waals surface area contributed by atoms with Gasteiger partial charge in [0.2, 0.25) is 0 Å². The second-order valence-electron chi connectivity index (χ2n) is 5.77. The lowest BCUT2D eigenvalue weighted by Crippen LogP contribution is -2.31. The monoisotopic (exact) mass is 241 g/mol. The Hall–Kier alpha value is -0.570. The van der Waals surface area contributed by atoms with Crippen molar-refractivity contribution >= 4 is 5.84 Å². The Morgan fingerprint density at radius 1 is 1.12 bits per heavy atom. The molecule has 17 heavy (non-hydrogen) atoms. The van der Waals surface area contributed by atoms with Gasteiger partial charge in [0.15, 0.2) is 0 Å². The second kappa shape index (κ2) is 8.51. The first-order valence-corrected chi connectivity index (χ1v) is 6.93. The molecule has 0 amide bonds. The van der Waals surface area contributed by atoms with Crippen LogP contribution in [0.4, 0.5) is 0 Å². The fourth-order valence-electron chi connectivity index (χ4n) is 1.83. The summed E-state index contributed by atoms with van der Waals surface area (Å²) >= 11 is 0. The lowest BCUT2D eigenvalue weighted by molar-refractivity contribution is 0.308. The first-order chi connectivity index (χ1) is 7.90. The van der Waals surface area contributed by atoms with Gasteiger partial charge in [0, 0.05) is 5.41 Å². The van der Waals surface area contributed by atoms with Gasteiger partial charge in [-0.2, -0.15) is 0 Å². The Bertz CT molecular complexity index is 212. The van der Waals surface area contributed by atoms with Gasteiger partial charge in [-0.05, 0) is 39.4 Å². The number of amidine groups is 1. The largest absolute Gasteiger partial charge is 0.387 e. The number of hydrogen-bond donors (Lipinski definition) is 2. The molecule has 3 heteroatoms. The van der Waals surface area contributed by atoms with Crippen LogP contribution in [0.3, 0.4) is 0 Å². The molecule has 0 aromatic carbocycles. The van der Waals surface area contributed by atoms with Crippen LogP contribution in [0.25, 0.3) is 0 Å². The number of nitrogens with two attached hydrogens (primary N) is 1. The fraction of sp³-hybridized carbons (Fsp3) is 0.929. The Morgan fingerprint density at radius 2 is 1.65 bits per heavy atom. The van der Waals surface area contributed by atoms with E-state index in [1.807, 2.05) is 0 Å². The summed E-state index contributed by atoms with van der Waals surface area (Å²) in [7, 11) is 2.20. The van der Waals surface area contributed by atoms with E-state index in [0.29, 0.717) is 5.84 Å². The van der Waals surface area contributed by atoms with Gasteiger partial charge in [-0.25, -0.2) is 0 Å². The van der Waals surface area contributed by atoms with Gasteiger partial charge < -0.3 is 10.6 Å². The zero-order valence-corrected chi connectivity index (χ0v) is 12.2. The number of unbranched alkanes of at least 4 members (excludes halogenated alkanes) is 3. The van der Waals surface area contributed by atoms with Crippen LogP contribution in [0.15, 0.2) is 0 Å². The minimum atomic E-state index is -0.124. The lowest BCUT2D eigenvalue weighted by atomic mass is 9.86. The average molecular weight is 241 g/mol. The highest BCUT2D eigenvalue weighted by Crippen LogP contribution is 2.22. The van der Waals surface area contributed by atoms with Crippen molar-refractivity contribution in [2.45, 2.75) is 59.3 Å². The van der Waals surface area contributed by atoms with Crippen molar-refractivity contribution < 1.29 is 0 Å². The van der Waals surface area contributed by atoms with Crippen LogP contribution in [0, 0.1) is 10.8 Å². The molecule has 0 fully saturated rings. The van der Waals surface area contributed by atoms with Gasteiger partial charge in [-0.3, -0.25) is 5.41 Å². The van der Waals surface area contributed by atoms with Crippen LogP contribution in [0.1, 0.15) is 59.3 Å². The third kappa shape index (κ3) is 8.19. The quantitative estimate of drug-likeness (QED) is 0.350. The van der Waals surface area contributed by atoms with E-state index in [2.05, 4.69) is 32.7 Å². The molecule has 0 unspecified atom stereocenters. The van der Waals surface area contributed by atoms with Crippen molar-refractivity contribution in [3.8, 4) is 0 Å². The van der Waals surface area contributed by atoms with Crippen molar-refractivity contribution in [2.24, 2.45) is 11.1 Å². The van der Waals surface area contributed by atoms with Crippen LogP contribution >= 0.6 is 0 Å². The molecule has 0 bridgehead atoms. The van der Waals surface area contributed by atoms with Gasteiger partial charge in [0.25, 0.3) is 0 Å². The van der Waals surface area contributed by atoms with Crippen molar-refractivity contribution in [2.75, 3.05) is 20.1 Å². The van der Waals surface area contributed by atoms with Gasteiger partial charge in [0.05, 0.1) is 5.84 Å². The third-order valence-corrected chi connectivity index (χ3v) is 3.46. The highest BCUT2D eigenvalue weighted by molar-refractivity contribution is 5.82. The SMILES string of the molecule is CCCCCN(C)CCCCC(C)(C)C(=N)N. The Balaban J connectivity index is 3.54. The van der Waals surface area contributed by atoms with Gasteiger partial charge in [0.1, 0.15) is 0 Å². The second-order valence-corrected chi connectivity index (χ2v) is 5.77. The summed E-state index contributed by atoms with van der Waals surface area (Å²) in [5.41, 5.74) is 5.44. The van der Waals surface area contributed by atoms with Crippen LogP contribution in [-0.2, 0) is 0 Å². The smallest absolute Gasteiger partial charge is 0.0963 e. The highest BCUT2D eigenvalue weighted by atomic mass is 15.1. The lowest BCUT2D eigenvalue weighted by Gasteiger charge is -2.23. The van der Waals surface area contributed by atoms with Crippen molar-refractivity contribution in [1.82, 2.24) is 4.90 Å². The number of rotatable bonds is 10. The molecule has 0 saturated carbocycles. The number of nitrogens with one attached hydrogen (secondary N) is 1. The molecule has 102 valence electrons. The summed E-state index contributed by atoms with van der Waals surface area (Å²) in [5, 5.41) is 7.50. The van der Waals surface area contributed by atoms with Crippen LogP contribution < -0.4 is 5.73 Å². The molecule has 0 radical (unpaired) electrons. The first kappa shape index (κ1) is 16.4. The summed E-state index contributed by atoms with van der Waals surface area (Å²) < 4.78 is 0. The Kier molecular flexibility index (Phi) is 8.23. The molecular formula is C14H31N3. The first-order valence-electron chi connectivity index (χ1n) is 6.93. The zero-order valence-electron chi connectivity index (χ0n) is 12.2. The molecule has 3 N–H and O–H groups in total. The van der Waals surface area contributed by atoms with Crippen molar-refractivity contribution in [3.05, 3.63) is 0 Å². The number of hydrogen-bond acceptors (Lipinski definition) is 2. The maximum Gasteiger partial charge on any atom is 0.0963 e. The van der Waals surface area contributed by atoms with E-state index in [4.69, 9.17) is 11.1 Å². The van der Waals surface area contributed by atoms with E-state index >= 15 is 0 Å². The van der Waals surface area contributed by atoms with E-state index in [-0.39, 0.29) is 5.41 Å². The summed E-state index contributed by atoms with van der Waals surface area (Å²) in [6.07, 6.45) is 7.32. The summed E-state index contributed by atoms with van der Waals surface area (Å²) in [6, 6.07) is 0. The average Bonchev–Trinajstić information content (AvgIpc) is 2.24. The van der Waals surface area contributed by atoms with E-state index < -0.39 is 0 Å². The maximum absolute atomic E-state index is 7.50. The van der Waals surface area contributed by atoms with Crippen molar-refractivity contribution in [3.63, 3.8) is 0 Å². The van der Waals surface area contributed by atoms with E-state index in [1.165, 1.54) is 32.2 Å². The van der Waals surface area contributed by atoms with E-state index in [0.717, 1.165) is 19.4 Å². The third-order valence-electron chi connectivity index (χ3n) is 3.46. The molecule has 0 spiro atoms. The molecule has 0 atom stereocenters. The van der Waals surface area contributed by atoms with Crippen LogP contribution in [-0.4, -0.2) is 30.9 Å². The van der Waals surface area contributed by atoms with Crippen LogP contribution in [0.2, 0.25) is 0 Å². The zero-order chi connectivity index (χ0) is 13.3. The van der Waals surface area contributed by atoms with Crippen LogP contribution in [0.5, 0.6) is 0 Å². The molecule has 0 heterocycles. The molecule has 0 aromatic heterocycles. The minimum Gasteiger partial charge on any atom is -0.387 e. The predicted octanol–water partition coefficient (Wildman–Crippen LogP) is 3.24. The minimum absolute atomic E-state index is 0.124. The fourth-order valence-corrected chi connectivity index (χ4v) is 1.83. The topological polar surface area (TPSA) is 53.1 Å². The molecule has 0 aliphatic carbocycles. The van der Waals surface area contributed by atoms with Gasteiger partial charge in [-0.15, -0.1) is 0 Å². The number of nitrogens with zero attached hydrogens (tertiary/aromatic N) is 1. The highest BCUT2D eigenvalue weighted by Gasteiger charge is 2.20.